The number of aryl methyl sites for hydroxylation is 1. The summed E-state index contributed by atoms with van der Waals surface area (Å²) in [5, 5.41) is 2.48. The van der Waals surface area contributed by atoms with Crippen LogP contribution in [0.1, 0.15) is 32.1 Å². The Hall–Kier alpha value is -4.27. The number of hydrogen-bond donors (Lipinski definition) is 1. The SMILES string of the molecule is COc1ccc(C(=O)NCC(=O)OCC(=O)c2cc(C)n(C[C@@H]3COc4ccccc4O3)c2C)cc1. The highest BCUT2D eigenvalue weighted by molar-refractivity contribution is 6.00. The molecule has 1 N–H and O–H groups in total. The van der Waals surface area contributed by atoms with E-state index in [-0.39, 0.29) is 18.4 Å². The van der Waals surface area contributed by atoms with Crippen LogP contribution in [0.15, 0.2) is 54.6 Å². The molecular formula is C27H28N2O7. The van der Waals surface area contributed by atoms with E-state index < -0.39 is 18.5 Å². The number of rotatable bonds is 9. The van der Waals surface area contributed by atoms with Gasteiger partial charge < -0.3 is 28.8 Å². The number of ether oxygens (including phenoxy) is 4. The average molecular weight is 493 g/mol. The van der Waals surface area contributed by atoms with Crippen molar-refractivity contribution in [2.45, 2.75) is 26.5 Å². The highest BCUT2D eigenvalue weighted by Gasteiger charge is 2.24. The average Bonchev–Trinajstić information content (AvgIpc) is 3.18. The van der Waals surface area contributed by atoms with Crippen LogP contribution in [0, 0.1) is 13.8 Å². The number of carbonyl (C=O) groups is 3. The fraction of sp³-hybridized carbons (Fsp3) is 0.296. The zero-order chi connectivity index (χ0) is 25.7. The van der Waals surface area contributed by atoms with Gasteiger partial charge in [-0.05, 0) is 56.3 Å². The lowest BCUT2D eigenvalue weighted by Gasteiger charge is -2.27. The van der Waals surface area contributed by atoms with Gasteiger partial charge >= 0.3 is 5.97 Å². The summed E-state index contributed by atoms with van der Waals surface area (Å²) in [5.74, 6) is 0.571. The largest absolute Gasteiger partial charge is 0.497 e. The number of amides is 1. The number of nitrogens with zero attached hydrogens (tertiary/aromatic N) is 1. The van der Waals surface area contributed by atoms with Crippen molar-refractivity contribution >= 4 is 17.7 Å². The van der Waals surface area contributed by atoms with E-state index >= 15 is 0 Å². The Morgan fingerprint density at radius 1 is 1.06 bits per heavy atom. The molecule has 0 saturated heterocycles. The summed E-state index contributed by atoms with van der Waals surface area (Å²) in [7, 11) is 1.53. The van der Waals surface area contributed by atoms with Crippen LogP contribution < -0.4 is 19.5 Å². The normalized spacial score (nSPS) is 14.1. The molecular weight excluding hydrogens is 464 g/mol. The maximum atomic E-state index is 12.8. The number of aromatic nitrogens is 1. The van der Waals surface area contributed by atoms with Gasteiger partial charge in [-0.15, -0.1) is 0 Å². The van der Waals surface area contributed by atoms with Crippen molar-refractivity contribution < 1.29 is 33.3 Å². The quantitative estimate of drug-likeness (QED) is 0.361. The Labute approximate surface area is 208 Å². The molecule has 3 aromatic rings. The standard InChI is InChI=1S/C27H28N2O7/c1-17-12-22(18(2)29(17)14-21-15-34-24-6-4-5-7-25(24)36-21)23(30)16-35-26(31)13-28-27(32)19-8-10-20(33-3)11-9-19/h4-12,21H,13-16H2,1-3H3,(H,28,32)/t21-/m1/s1. The first-order valence-corrected chi connectivity index (χ1v) is 11.5. The third kappa shape index (κ3) is 5.68. The lowest BCUT2D eigenvalue weighted by Crippen LogP contribution is -2.33. The predicted octanol–water partition coefficient (Wildman–Crippen LogP) is 3.11. The summed E-state index contributed by atoms with van der Waals surface area (Å²) in [5.41, 5.74) is 2.49. The van der Waals surface area contributed by atoms with E-state index in [1.807, 2.05) is 42.7 Å². The van der Waals surface area contributed by atoms with Crippen LogP contribution in [0.5, 0.6) is 17.2 Å². The van der Waals surface area contributed by atoms with E-state index in [0.717, 1.165) is 11.4 Å². The Morgan fingerprint density at radius 3 is 2.50 bits per heavy atom. The van der Waals surface area contributed by atoms with Crippen LogP contribution in [-0.2, 0) is 16.1 Å². The van der Waals surface area contributed by atoms with Gasteiger partial charge in [-0.3, -0.25) is 14.4 Å². The number of ketones is 1. The predicted molar refractivity (Wildman–Crippen MR) is 131 cm³/mol. The second kappa shape index (κ2) is 11.0. The zero-order valence-electron chi connectivity index (χ0n) is 20.4. The van der Waals surface area contributed by atoms with Crippen molar-refractivity contribution in [3.8, 4) is 17.2 Å². The van der Waals surface area contributed by atoms with Gasteiger partial charge in [0.05, 0.1) is 13.7 Å². The van der Waals surface area contributed by atoms with Gasteiger partial charge in [0, 0.05) is 22.5 Å². The van der Waals surface area contributed by atoms with Crippen molar-refractivity contribution in [2.75, 3.05) is 26.9 Å². The first-order chi connectivity index (χ1) is 17.4. The molecule has 1 atom stereocenters. The second-order valence-corrected chi connectivity index (χ2v) is 8.39. The molecule has 2 aromatic carbocycles. The third-order valence-corrected chi connectivity index (χ3v) is 5.94. The Kier molecular flexibility index (Phi) is 7.58. The molecule has 36 heavy (non-hydrogen) atoms. The maximum Gasteiger partial charge on any atom is 0.325 e. The van der Waals surface area contributed by atoms with Gasteiger partial charge in [0.15, 0.2) is 24.2 Å². The third-order valence-electron chi connectivity index (χ3n) is 5.94. The summed E-state index contributed by atoms with van der Waals surface area (Å²) in [6.45, 7) is 3.89. The highest BCUT2D eigenvalue weighted by Crippen LogP contribution is 2.31. The fourth-order valence-electron chi connectivity index (χ4n) is 3.99. The minimum atomic E-state index is -0.703. The summed E-state index contributed by atoms with van der Waals surface area (Å²) in [6.07, 6.45) is -0.209. The molecule has 0 bridgehead atoms. The molecule has 2 heterocycles. The minimum absolute atomic E-state index is 0.209. The molecule has 0 spiro atoms. The summed E-state index contributed by atoms with van der Waals surface area (Å²) in [6, 6.07) is 15.7. The van der Waals surface area contributed by atoms with Crippen LogP contribution >= 0.6 is 0 Å². The lowest BCUT2D eigenvalue weighted by atomic mass is 10.1. The van der Waals surface area contributed by atoms with Crippen molar-refractivity contribution in [1.29, 1.82) is 0 Å². The Morgan fingerprint density at radius 2 is 1.78 bits per heavy atom. The lowest BCUT2D eigenvalue weighted by molar-refractivity contribution is -0.141. The number of para-hydroxylation sites is 2. The number of nitrogens with one attached hydrogen (secondary N) is 1. The van der Waals surface area contributed by atoms with Crippen LogP contribution in [0.4, 0.5) is 0 Å². The van der Waals surface area contributed by atoms with Gasteiger partial charge in [0.25, 0.3) is 5.91 Å². The highest BCUT2D eigenvalue weighted by atomic mass is 16.6. The maximum absolute atomic E-state index is 12.8. The number of methoxy groups -OCH3 is 1. The van der Waals surface area contributed by atoms with Gasteiger partial charge in [-0.25, -0.2) is 0 Å². The zero-order valence-corrected chi connectivity index (χ0v) is 20.4. The molecule has 0 unspecified atom stereocenters. The van der Waals surface area contributed by atoms with E-state index in [1.54, 1.807) is 30.3 Å². The van der Waals surface area contributed by atoms with Crippen molar-refractivity contribution in [1.82, 2.24) is 9.88 Å². The molecule has 1 amide bonds. The number of carbonyl (C=O) groups excluding carboxylic acids is 3. The molecule has 0 saturated carbocycles. The van der Waals surface area contributed by atoms with Crippen LogP contribution in [-0.4, -0.2) is 55.2 Å². The molecule has 0 radical (unpaired) electrons. The van der Waals surface area contributed by atoms with Gasteiger partial charge in [-0.1, -0.05) is 12.1 Å². The van der Waals surface area contributed by atoms with E-state index in [1.165, 1.54) is 7.11 Å². The summed E-state index contributed by atoms with van der Waals surface area (Å²) >= 11 is 0. The summed E-state index contributed by atoms with van der Waals surface area (Å²) in [4.78, 5) is 37.0. The number of Topliss-reactive ketones (excluding diaryl/α,β-unsaturated/α-hetero) is 1. The molecule has 9 nitrogen and oxygen atoms in total. The molecule has 0 aliphatic carbocycles. The van der Waals surface area contributed by atoms with Crippen LogP contribution in [0.25, 0.3) is 0 Å². The van der Waals surface area contributed by atoms with Crippen LogP contribution in [0.2, 0.25) is 0 Å². The number of benzene rings is 2. The molecule has 1 aliphatic rings. The molecule has 188 valence electrons. The Balaban J connectivity index is 1.28. The van der Waals surface area contributed by atoms with E-state index in [9.17, 15) is 14.4 Å². The fourth-order valence-corrected chi connectivity index (χ4v) is 3.99. The van der Waals surface area contributed by atoms with Gasteiger partial charge in [0.2, 0.25) is 5.78 Å². The minimum Gasteiger partial charge on any atom is -0.497 e. The van der Waals surface area contributed by atoms with E-state index in [2.05, 4.69) is 5.32 Å². The van der Waals surface area contributed by atoms with Gasteiger partial charge in [0.1, 0.15) is 18.9 Å². The first-order valence-electron chi connectivity index (χ1n) is 11.5. The number of hydrogen-bond acceptors (Lipinski definition) is 7. The second-order valence-electron chi connectivity index (χ2n) is 8.39. The number of esters is 1. The first kappa shape index (κ1) is 24.8. The van der Waals surface area contributed by atoms with Crippen molar-refractivity contribution in [3.63, 3.8) is 0 Å². The summed E-state index contributed by atoms with van der Waals surface area (Å²) < 4.78 is 24.0. The van der Waals surface area contributed by atoms with E-state index in [4.69, 9.17) is 18.9 Å². The molecule has 4 rings (SSSR count). The van der Waals surface area contributed by atoms with Gasteiger partial charge in [-0.2, -0.15) is 0 Å². The van der Waals surface area contributed by atoms with Crippen molar-refractivity contribution in [2.24, 2.45) is 0 Å². The molecule has 1 aliphatic heterocycles. The monoisotopic (exact) mass is 492 g/mol. The molecule has 9 heteroatoms. The molecule has 0 fully saturated rings. The van der Waals surface area contributed by atoms with Crippen LogP contribution in [0.3, 0.4) is 0 Å². The Bertz CT molecular complexity index is 1260. The smallest absolute Gasteiger partial charge is 0.325 e. The topological polar surface area (TPSA) is 105 Å². The van der Waals surface area contributed by atoms with E-state index in [0.29, 0.717) is 41.5 Å². The van der Waals surface area contributed by atoms with Crippen molar-refractivity contribution in [3.05, 3.63) is 77.1 Å². The molecule has 1 aromatic heterocycles. The number of fused-ring (bicyclic) bond motifs is 1.